The van der Waals surface area contributed by atoms with E-state index in [0.29, 0.717) is 0 Å². The number of rotatable bonds is 27. The highest BCUT2D eigenvalue weighted by molar-refractivity contribution is 5.13. The third kappa shape index (κ3) is 20.3. The summed E-state index contributed by atoms with van der Waals surface area (Å²) in [7, 11) is 2.53. The highest BCUT2D eigenvalue weighted by Crippen LogP contribution is 2.19. The van der Waals surface area contributed by atoms with Gasteiger partial charge >= 0.3 is 0 Å². The SMILES string of the molecule is CCCCCCCCCCCCCC[N+](C)(CCCCCCCCCCCCC)Cc1ccccc1. The van der Waals surface area contributed by atoms with E-state index in [9.17, 15) is 0 Å². The van der Waals surface area contributed by atoms with Crippen LogP contribution in [0.5, 0.6) is 0 Å². The number of nitrogens with zero attached hydrogens (tertiary/aromatic N) is 1. The molecule has 1 aromatic rings. The molecule has 0 aliphatic carbocycles. The first-order valence-corrected chi connectivity index (χ1v) is 16.6. The predicted octanol–water partition coefficient (Wildman–Crippen LogP) is 11.6. The minimum absolute atomic E-state index is 1.20. The Morgan fingerprint density at radius 2 is 0.722 bits per heavy atom. The van der Waals surface area contributed by atoms with Crippen LogP contribution in [0.4, 0.5) is 0 Å². The lowest BCUT2D eigenvalue weighted by molar-refractivity contribution is -0.923. The van der Waals surface area contributed by atoms with E-state index in [0.717, 1.165) is 0 Å². The first-order valence-electron chi connectivity index (χ1n) is 16.6. The van der Waals surface area contributed by atoms with Gasteiger partial charge in [-0.15, -0.1) is 0 Å². The Morgan fingerprint density at radius 3 is 1.06 bits per heavy atom. The molecule has 0 fully saturated rings. The van der Waals surface area contributed by atoms with Crippen LogP contribution < -0.4 is 0 Å². The Morgan fingerprint density at radius 1 is 0.417 bits per heavy atom. The van der Waals surface area contributed by atoms with Crippen LogP contribution in [0.2, 0.25) is 0 Å². The normalized spacial score (nSPS) is 13.2. The van der Waals surface area contributed by atoms with Crippen molar-refractivity contribution in [2.24, 2.45) is 0 Å². The molecule has 0 bridgehead atoms. The fourth-order valence-corrected chi connectivity index (χ4v) is 5.79. The highest BCUT2D eigenvalue weighted by atomic mass is 15.3. The number of benzene rings is 1. The van der Waals surface area contributed by atoms with Gasteiger partial charge in [-0.25, -0.2) is 0 Å². The summed E-state index contributed by atoms with van der Waals surface area (Å²) >= 11 is 0. The van der Waals surface area contributed by atoms with Crippen LogP contribution >= 0.6 is 0 Å². The summed E-state index contributed by atoms with van der Waals surface area (Å²) in [6.07, 6.45) is 33.1. The lowest BCUT2D eigenvalue weighted by Gasteiger charge is -2.35. The van der Waals surface area contributed by atoms with Gasteiger partial charge < -0.3 is 4.48 Å². The molecule has 1 atom stereocenters. The Bertz CT molecular complexity index is 553. The lowest BCUT2D eigenvalue weighted by atomic mass is 10.0. The Hall–Kier alpha value is -0.820. The first kappa shape index (κ1) is 33.2. The van der Waals surface area contributed by atoms with E-state index < -0.39 is 0 Å². The van der Waals surface area contributed by atoms with Gasteiger partial charge in [0.15, 0.2) is 0 Å². The van der Waals surface area contributed by atoms with Crippen molar-refractivity contribution in [3.63, 3.8) is 0 Å². The zero-order chi connectivity index (χ0) is 26.0. The number of hydrogen-bond donors (Lipinski definition) is 0. The molecule has 0 saturated heterocycles. The van der Waals surface area contributed by atoms with Crippen LogP contribution in [0.15, 0.2) is 30.3 Å². The van der Waals surface area contributed by atoms with Crippen LogP contribution in [0.25, 0.3) is 0 Å². The van der Waals surface area contributed by atoms with Crippen LogP contribution in [0.1, 0.15) is 167 Å². The molecule has 0 N–H and O–H groups in total. The minimum atomic E-state index is 1.20. The number of unbranched alkanes of at least 4 members (excludes halogenated alkanes) is 21. The first-order chi connectivity index (χ1) is 17.7. The fraction of sp³-hybridized carbons (Fsp3) is 0.829. The molecule has 0 aromatic heterocycles. The molecule has 0 saturated carbocycles. The predicted molar refractivity (Wildman–Crippen MR) is 164 cm³/mol. The van der Waals surface area contributed by atoms with E-state index in [1.807, 2.05) is 0 Å². The van der Waals surface area contributed by atoms with Gasteiger partial charge in [0.25, 0.3) is 0 Å². The maximum atomic E-state index is 2.53. The van der Waals surface area contributed by atoms with Crippen LogP contribution in [0, 0.1) is 0 Å². The van der Waals surface area contributed by atoms with E-state index in [-0.39, 0.29) is 0 Å². The van der Waals surface area contributed by atoms with Gasteiger partial charge in [-0.05, 0) is 25.7 Å². The monoisotopic (exact) mass is 501 g/mol. The Kier molecular flexibility index (Phi) is 22.6. The van der Waals surface area contributed by atoms with Gasteiger partial charge in [-0.2, -0.15) is 0 Å². The molecule has 1 unspecified atom stereocenters. The van der Waals surface area contributed by atoms with Crippen molar-refractivity contribution in [1.29, 1.82) is 0 Å². The van der Waals surface area contributed by atoms with E-state index in [2.05, 4.69) is 51.2 Å². The molecule has 0 spiro atoms. The zero-order valence-electron chi connectivity index (χ0n) is 25.2. The zero-order valence-corrected chi connectivity index (χ0v) is 25.2. The quantitative estimate of drug-likeness (QED) is 0.0832. The second kappa shape index (κ2) is 24.5. The number of hydrogen-bond acceptors (Lipinski definition) is 0. The largest absolute Gasteiger partial charge is 0.322 e. The molecule has 210 valence electrons. The van der Waals surface area contributed by atoms with Gasteiger partial charge in [0.05, 0.1) is 20.1 Å². The third-order valence-electron chi connectivity index (χ3n) is 8.26. The van der Waals surface area contributed by atoms with E-state index in [1.54, 1.807) is 0 Å². The van der Waals surface area contributed by atoms with Crippen molar-refractivity contribution in [2.75, 3.05) is 20.1 Å². The average Bonchev–Trinajstić information content (AvgIpc) is 2.88. The van der Waals surface area contributed by atoms with E-state index >= 15 is 0 Å². The Balaban J connectivity index is 2.17. The van der Waals surface area contributed by atoms with E-state index in [1.165, 1.54) is 177 Å². The van der Waals surface area contributed by atoms with E-state index in [4.69, 9.17) is 0 Å². The van der Waals surface area contributed by atoms with Gasteiger partial charge in [-0.3, -0.25) is 0 Å². The van der Waals surface area contributed by atoms with Crippen LogP contribution in [-0.4, -0.2) is 24.6 Å². The second-order valence-electron chi connectivity index (χ2n) is 12.1. The van der Waals surface area contributed by atoms with Crippen molar-refractivity contribution in [1.82, 2.24) is 0 Å². The lowest BCUT2D eigenvalue weighted by Crippen LogP contribution is -2.44. The Labute approximate surface area is 228 Å². The molecule has 0 radical (unpaired) electrons. The van der Waals surface area contributed by atoms with Crippen LogP contribution in [0.3, 0.4) is 0 Å². The summed E-state index contributed by atoms with van der Waals surface area (Å²) in [6.45, 7) is 8.52. The molecule has 0 aliphatic heterocycles. The van der Waals surface area contributed by atoms with Crippen molar-refractivity contribution in [3.8, 4) is 0 Å². The van der Waals surface area contributed by atoms with Crippen molar-refractivity contribution in [2.45, 2.75) is 168 Å². The second-order valence-corrected chi connectivity index (χ2v) is 12.1. The number of quaternary nitrogens is 1. The van der Waals surface area contributed by atoms with Crippen molar-refractivity contribution < 1.29 is 4.48 Å². The maximum Gasteiger partial charge on any atom is 0.104 e. The molecule has 1 aromatic carbocycles. The van der Waals surface area contributed by atoms with Gasteiger partial charge in [0.2, 0.25) is 0 Å². The molecule has 0 amide bonds. The topological polar surface area (TPSA) is 0 Å². The van der Waals surface area contributed by atoms with Gasteiger partial charge in [0, 0.05) is 5.56 Å². The van der Waals surface area contributed by atoms with Crippen molar-refractivity contribution in [3.05, 3.63) is 35.9 Å². The summed E-state index contributed by atoms with van der Waals surface area (Å²) in [6, 6.07) is 11.2. The third-order valence-corrected chi connectivity index (χ3v) is 8.26. The summed E-state index contributed by atoms with van der Waals surface area (Å²) in [5.41, 5.74) is 1.52. The summed E-state index contributed by atoms with van der Waals surface area (Å²) in [5, 5.41) is 0. The smallest absolute Gasteiger partial charge is 0.104 e. The minimum Gasteiger partial charge on any atom is -0.322 e. The fourth-order valence-electron chi connectivity index (χ4n) is 5.79. The summed E-state index contributed by atoms with van der Waals surface area (Å²) in [4.78, 5) is 0. The molecule has 36 heavy (non-hydrogen) atoms. The maximum absolute atomic E-state index is 2.53. The molecule has 0 aliphatic rings. The molecule has 1 rings (SSSR count). The average molecular weight is 501 g/mol. The molecular formula is C35H66N+. The summed E-state index contributed by atoms with van der Waals surface area (Å²) < 4.78 is 1.24. The van der Waals surface area contributed by atoms with Crippen molar-refractivity contribution >= 4 is 0 Å². The standard InChI is InChI=1S/C35H66N/c1-4-6-8-10-12-14-16-18-20-22-24-29-33-36(3,34-35-30-26-25-27-31-35)32-28-23-21-19-17-15-13-11-9-7-5-2/h25-27,30-31H,4-24,28-29,32-34H2,1-3H3/q+1. The molecule has 1 heteroatoms. The van der Waals surface area contributed by atoms with Crippen LogP contribution in [-0.2, 0) is 6.54 Å². The van der Waals surface area contributed by atoms with Gasteiger partial charge in [0.1, 0.15) is 6.54 Å². The molecule has 1 nitrogen and oxygen atoms in total. The highest BCUT2D eigenvalue weighted by Gasteiger charge is 2.21. The molecular weight excluding hydrogens is 434 g/mol. The molecule has 0 heterocycles. The summed E-state index contributed by atoms with van der Waals surface area (Å²) in [5.74, 6) is 0. The van der Waals surface area contributed by atoms with Gasteiger partial charge in [-0.1, -0.05) is 166 Å².